The zero-order valence-corrected chi connectivity index (χ0v) is 11.8. The second kappa shape index (κ2) is 6.89. The highest BCUT2D eigenvalue weighted by molar-refractivity contribution is 5.26. The van der Waals surface area contributed by atoms with E-state index in [0.29, 0.717) is 19.2 Å². The SMILES string of the molecule is Cc1ccc(OCC(O)CNC2CCN(C)C2)cc1. The fraction of sp³-hybridized carbons (Fsp3) is 0.600. The van der Waals surface area contributed by atoms with Crippen LogP contribution >= 0.6 is 0 Å². The number of aliphatic hydroxyl groups excluding tert-OH is 1. The number of aryl methyl sites for hydroxylation is 1. The first-order valence-electron chi connectivity index (χ1n) is 6.93. The van der Waals surface area contributed by atoms with Crippen molar-refractivity contribution in [1.29, 1.82) is 0 Å². The molecule has 19 heavy (non-hydrogen) atoms. The van der Waals surface area contributed by atoms with Crippen molar-refractivity contribution in [2.75, 3.05) is 33.3 Å². The molecule has 1 fully saturated rings. The maximum atomic E-state index is 9.89. The van der Waals surface area contributed by atoms with Gasteiger partial charge in [-0.3, -0.25) is 0 Å². The highest BCUT2D eigenvalue weighted by atomic mass is 16.5. The minimum Gasteiger partial charge on any atom is -0.491 e. The minimum atomic E-state index is -0.466. The Morgan fingerprint density at radius 1 is 1.42 bits per heavy atom. The monoisotopic (exact) mass is 264 g/mol. The molecule has 0 spiro atoms. The van der Waals surface area contributed by atoms with Crippen LogP contribution < -0.4 is 10.1 Å². The normalized spacial score (nSPS) is 21.5. The summed E-state index contributed by atoms with van der Waals surface area (Å²) in [5, 5.41) is 13.3. The van der Waals surface area contributed by atoms with Gasteiger partial charge in [-0.05, 0) is 39.1 Å². The fourth-order valence-electron chi connectivity index (χ4n) is 2.29. The van der Waals surface area contributed by atoms with Gasteiger partial charge in [-0.25, -0.2) is 0 Å². The molecule has 0 aliphatic carbocycles. The molecule has 1 aliphatic rings. The summed E-state index contributed by atoms with van der Waals surface area (Å²) in [7, 11) is 2.12. The van der Waals surface area contributed by atoms with Crippen molar-refractivity contribution in [3.8, 4) is 5.75 Å². The Balaban J connectivity index is 1.64. The van der Waals surface area contributed by atoms with E-state index in [2.05, 4.69) is 17.3 Å². The Labute approximate surface area is 115 Å². The molecule has 0 saturated carbocycles. The van der Waals surface area contributed by atoms with Crippen LogP contribution in [-0.4, -0.2) is 55.4 Å². The number of benzene rings is 1. The van der Waals surface area contributed by atoms with Gasteiger partial charge in [0.1, 0.15) is 18.5 Å². The van der Waals surface area contributed by atoms with Gasteiger partial charge in [-0.15, -0.1) is 0 Å². The molecule has 1 aromatic carbocycles. The molecule has 106 valence electrons. The van der Waals surface area contributed by atoms with Crippen LogP contribution in [0, 0.1) is 6.92 Å². The number of rotatable bonds is 6. The van der Waals surface area contributed by atoms with Crippen LogP contribution in [0.25, 0.3) is 0 Å². The first-order chi connectivity index (χ1) is 9.13. The summed E-state index contributed by atoms with van der Waals surface area (Å²) in [6, 6.07) is 8.38. The molecule has 1 aliphatic heterocycles. The van der Waals surface area contributed by atoms with Crippen LogP contribution in [0.15, 0.2) is 24.3 Å². The summed E-state index contributed by atoms with van der Waals surface area (Å²) in [5.41, 5.74) is 1.21. The Hall–Kier alpha value is -1.10. The Morgan fingerprint density at radius 2 is 2.16 bits per heavy atom. The minimum absolute atomic E-state index is 0.332. The van der Waals surface area contributed by atoms with Crippen LogP contribution in [0.5, 0.6) is 5.75 Å². The highest BCUT2D eigenvalue weighted by Gasteiger charge is 2.19. The van der Waals surface area contributed by atoms with Gasteiger partial charge < -0.3 is 20.1 Å². The standard InChI is InChI=1S/C15H24N2O2/c1-12-3-5-15(6-4-12)19-11-14(18)9-16-13-7-8-17(2)10-13/h3-6,13-14,16,18H,7-11H2,1-2H3. The summed E-state index contributed by atoms with van der Waals surface area (Å²) < 4.78 is 5.56. The third kappa shape index (κ3) is 4.82. The lowest BCUT2D eigenvalue weighted by Gasteiger charge is -2.17. The van der Waals surface area contributed by atoms with Gasteiger partial charge in [0, 0.05) is 19.1 Å². The second-order valence-corrected chi connectivity index (χ2v) is 5.43. The maximum absolute atomic E-state index is 9.89. The highest BCUT2D eigenvalue weighted by Crippen LogP contribution is 2.11. The third-order valence-corrected chi connectivity index (χ3v) is 3.50. The molecule has 0 aromatic heterocycles. The van der Waals surface area contributed by atoms with E-state index in [9.17, 15) is 5.11 Å². The average molecular weight is 264 g/mol. The molecule has 2 unspecified atom stereocenters. The predicted octanol–water partition coefficient (Wildman–Crippen LogP) is 1.03. The number of likely N-dealkylation sites (tertiary alicyclic amines) is 1. The lowest BCUT2D eigenvalue weighted by atomic mass is 10.2. The topological polar surface area (TPSA) is 44.7 Å². The summed E-state index contributed by atoms with van der Waals surface area (Å²) in [6.07, 6.45) is 0.689. The molecule has 2 rings (SSSR count). The Morgan fingerprint density at radius 3 is 2.79 bits per heavy atom. The summed E-state index contributed by atoms with van der Waals surface area (Å²) >= 11 is 0. The van der Waals surface area contributed by atoms with Crippen molar-refractivity contribution in [2.24, 2.45) is 0 Å². The lowest BCUT2D eigenvalue weighted by molar-refractivity contribution is 0.104. The van der Waals surface area contributed by atoms with E-state index in [4.69, 9.17) is 4.74 Å². The fourth-order valence-corrected chi connectivity index (χ4v) is 2.29. The molecule has 1 saturated heterocycles. The van der Waals surface area contributed by atoms with Gasteiger partial charge in [-0.1, -0.05) is 17.7 Å². The molecule has 0 radical (unpaired) electrons. The predicted molar refractivity (Wildman–Crippen MR) is 76.6 cm³/mol. The summed E-state index contributed by atoms with van der Waals surface area (Å²) in [4.78, 5) is 2.30. The molecular formula is C15H24N2O2. The number of nitrogens with zero attached hydrogens (tertiary/aromatic N) is 1. The summed E-state index contributed by atoms with van der Waals surface area (Å²) in [5.74, 6) is 0.810. The Bertz CT molecular complexity index is 380. The van der Waals surface area contributed by atoms with Crippen LogP contribution in [-0.2, 0) is 0 Å². The van der Waals surface area contributed by atoms with E-state index in [0.717, 1.165) is 25.3 Å². The zero-order valence-electron chi connectivity index (χ0n) is 11.8. The van der Waals surface area contributed by atoms with Crippen LogP contribution in [0.1, 0.15) is 12.0 Å². The molecule has 0 amide bonds. The first kappa shape index (κ1) is 14.3. The lowest BCUT2D eigenvalue weighted by Crippen LogP contribution is -2.39. The van der Waals surface area contributed by atoms with Crippen molar-refractivity contribution in [2.45, 2.75) is 25.5 Å². The largest absolute Gasteiger partial charge is 0.491 e. The van der Waals surface area contributed by atoms with Crippen LogP contribution in [0.3, 0.4) is 0 Å². The quantitative estimate of drug-likeness (QED) is 0.805. The molecular weight excluding hydrogens is 240 g/mol. The first-order valence-corrected chi connectivity index (χ1v) is 6.93. The van der Waals surface area contributed by atoms with E-state index in [1.54, 1.807) is 0 Å². The van der Waals surface area contributed by atoms with Crippen molar-refractivity contribution in [3.63, 3.8) is 0 Å². The number of hydrogen-bond donors (Lipinski definition) is 2. The van der Waals surface area contributed by atoms with Crippen molar-refractivity contribution in [3.05, 3.63) is 29.8 Å². The molecule has 2 atom stereocenters. The number of hydrogen-bond acceptors (Lipinski definition) is 4. The molecule has 1 aromatic rings. The molecule has 2 N–H and O–H groups in total. The van der Waals surface area contributed by atoms with Gasteiger partial charge in [0.05, 0.1) is 0 Å². The second-order valence-electron chi connectivity index (χ2n) is 5.43. The maximum Gasteiger partial charge on any atom is 0.119 e. The van der Waals surface area contributed by atoms with E-state index in [1.165, 1.54) is 5.56 Å². The average Bonchev–Trinajstić information content (AvgIpc) is 2.81. The molecule has 0 bridgehead atoms. The smallest absolute Gasteiger partial charge is 0.119 e. The number of nitrogens with one attached hydrogen (secondary N) is 1. The van der Waals surface area contributed by atoms with Gasteiger partial charge in [0.2, 0.25) is 0 Å². The van der Waals surface area contributed by atoms with Crippen LogP contribution in [0.4, 0.5) is 0 Å². The number of ether oxygens (including phenoxy) is 1. The van der Waals surface area contributed by atoms with E-state index >= 15 is 0 Å². The van der Waals surface area contributed by atoms with Crippen LogP contribution in [0.2, 0.25) is 0 Å². The molecule has 4 nitrogen and oxygen atoms in total. The van der Waals surface area contributed by atoms with E-state index in [-0.39, 0.29) is 0 Å². The zero-order chi connectivity index (χ0) is 13.7. The number of aliphatic hydroxyl groups is 1. The van der Waals surface area contributed by atoms with Gasteiger partial charge >= 0.3 is 0 Å². The third-order valence-electron chi connectivity index (χ3n) is 3.50. The molecule has 1 heterocycles. The van der Waals surface area contributed by atoms with Crippen molar-refractivity contribution >= 4 is 0 Å². The molecule has 4 heteroatoms. The van der Waals surface area contributed by atoms with E-state index < -0.39 is 6.10 Å². The number of likely N-dealkylation sites (N-methyl/N-ethyl adjacent to an activating group) is 1. The van der Waals surface area contributed by atoms with Crippen molar-refractivity contribution in [1.82, 2.24) is 10.2 Å². The van der Waals surface area contributed by atoms with Crippen molar-refractivity contribution < 1.29 is 9.84 Å². The Kier molecular flexibility index (Phi) is 5.19. The van der Waals surface area contributed by atoms with Gasteiger partial charge in [0.25, 0.3) is 0 Å². The van der Waals surface area contributed by atoms with Gasteiger partial charge in [0.15, 0.2) is 0 Å². The van der Waals surface area contributed by atoms with Gasteiger partial charge in [-0.2, -0.15) is 0 Å². The van der Waals surface area contributed by atoms with E-state index in [1.807, 2.05) is 31.2 Å². The summed E-state index contributed by atoms with van der Waals surface area (Å²) in [6.45, 7) is 5.16.